The van der Waals surface area contributed by atoms with Crippen LogP contribution in [0, 0.1) is 0 Å². The van der Waals surface area contributed by atoms with Crippen LogP contribution < -0.4 is 15.8 Å². The van der Waals surface area contributed by atoms with E-state index >= 15 is 0 Å². The zero-order chi connectivity index (χ0) is 30.3. The number of benzene rings is 2. The first-order chi connectivity index (χ1) is 20.6. The van der Waals surface area contributed by atoms with E-state index in [9.17, 15) is 9.90 Å². The number of nitrogens with one attached hydrogen (secondary N) is 1. The van der Waals surface area contributed by atoms with Gasteiger partial charge in [-0.15, -0.1) is 0 Å². The van der Waals surface area contributed by atoms with Crippen molar-refractivity contribution in [2.75, 3.05) is 43.4 Å². The largest absolute Gasteiger partial charge is 0.384 e. The third-order valence-corrected chi connectivity index (χ3v) is 8.01. The minimum absolute atomic E-state index is 0.201. The summed E-state index contributed by atoms with van der Waals surface area (Å²) in [5.74, 6) is 0.287. The second-order valence-electron chi connectivity index (χ2n) is 11.0. The van der Waals surface area contributed by atoms with Crippen molar-refractivity contribution in [3.8, 4) is 17.1 Å². The average Bonchev–Trinajstić information content (AvgIpc) is 2.99. The number of aromatic nitrogens is 5. The Morgan fingerprint density at radius 3 is 2.26 bits per heavy atom. The van der Waals surface area contributed by atoms with Gasteiger partial charge in [0, 0.05) is 43.8 Å². The van der Waals surface area contributed by atoms with Gasteiger partial charge in [-0.3, -0.25) is 4.79 Å². The fraction of sp³-hybridized carbons (Fsp3) is 0.258. The van der Waals surface area contributed by atoms with E-state index in [2.05, 4.69) is 49.4 Å². The van der Waals surface area contributed by atoms with Gasteiger partial charge in [0.25, 0.3) is 5.56 Å². The summed E-state index contributed by atoms with van der Waals surface area (Å²) in [6, 6.07) is 18.3. The number of halogens is 2. The van der Waals surface area contributed by atoms with Gasteiger partial charge in [-0.2, -0.15) is 9.78 Å². The molecule has 4 heterocycles. The van der Waals surface area contributed by atoms with E-state index in [4.69, 9.17) is 28.2 Å². The lowest BCUT2D eigenvalue weighted by Crippen LogP contribution is -2.44. The number of aliphatic hydroxyl groups is 1. The Morgan fingerprint density at radius 1 is 0.907 bits per heavy atom. The monoisotopic (exact) mass is 616 g/mol. The minimum Gasteiger partial charge on any atom is -0.384 e. The molecule has 0 bridgehead atoms. The standard InChI is InChI=1S/C31H30Cl2N8O2/c1-31(2,43)25-9-5-8-24(36-25)27-26-21(29(42)41(38-27)28-22(32)6-4-7-23(28)33)18-34-30(37-26)35-19-10-12-20(13-11-19)40-16-14-39(3)15-17-40/h4-13,18,43H,14-17H2,1-3H3,(H,34,35,37). The lowest BCUT2D eigenvalue weighted by molar-refractivity contribution is 0.0740. The summed E-state index contributed by atoms with van der Waals surface area (Å²) in [6.45, 7) is 7.31. The Kier molecular flexibility index (Phi) is 7.78. The van der Waals surface area contributed by atoms with Crippen molar-refractivity contribution in [3.05, 3.63) is 93.0 Å². The third-order valence-electron chi connectivity index (χ3n) is 7.40. The highest BCUT2D eigenvalue weighted by atomic mass is 35.5. The molecule has 43 heavy (non-hydrogen) atoms. The predicted octanol–water partition coefficient (Wildman–Crippen LogP) is 5.27. The second-order valence-corrected chi connectivity index (χ2v) is 11.8. The Balaban J connectivity index is 1.44. The van der Waals surface area contributed by atoms with Crippen molar-refractivity contribution >= 4 is 51.4 Å². The highest BCUT2D eigenvalue weighted by Crippen LogP contribution is 2.31. The summed E-state index contributed by atoms with van der Waals surface area (Å²) in [6.07, 6.45) is 1.46. The SMILES string of the molecule is CN1CCN(c2ccc(Nc3ncc4c(=O)n(-c5c(Cl)cccc5Cl)nc(-c5cccc(C(C)(C)O)n5)c4n3)cc2)CC1. The number of fused-ring (bicyclic) bond motifs is 1. The van der Waals surface area contributed by atoms with Crippen LogP contribution in [-0.2, 0) is 5.60 Å². The molecule has 0 radical (unpaired) electrons. The Hall–Kier alpha value is -4.09. The van der Waals surface area contributed by atoms with E-state index in [1.54, 1.807) is 50.2 Å². The molecule has 0 saturated carbocycles. The molecule has 0 unspecified atom stereocenters. The molecule has 12 heteroatoms. The van der Waals surface area contributed by atoms with Crippen molar-refractivity contribution in [2.45, 2.75) is 19.4 Å². The lowest BCUT2D eigenvalue weighted by atomic mass is 10.0. The minimum atomic E-state index is -1.20. The maximum Gasteiger partial charge on any atom is 0.282 e. The Morgan fingerprint density at radius 2 is 1.58 bits per heavy atom. The molecule has 0 atom stereocenters. The highest BCUT2D eigenvalue weighted by molar-refractivity contribution is 6.37. The molecule has 6 rings (SSSR count). The molecule has 1 aliphatic rings. The van der Waals surface area contributed by atoms with Crippen LogP contribution in [0.3, 0.4) is 0 Å². The summed E-state index contributed by atoms with van der Waals surface area (Å²) in [7, 11) is 2.14. The van der Waals surface area contributed by atoms with E-state index in [0.717, 1.165) is 42.2 Å². The number of hydrogen-bond acceptors (Lipinski definition) is 9. The molecule has 0 aliphatic carbocycles. The van der Waals surface area contributed by atoms with E-state index in [1.807, 2.05) is 12.1 Å². The molecule has 1 saturated heterocycles. The number of nitrogens with zero attached hydrogens (tertiary/aromatic N) is 7. The van der Waals surface area contributed by atoms with Crippen LogP contribution >= 0.6 is 23.2 Å². The van der Waals surface area contributed by atoms with Gasteiger partial charge in [0.05, 0.1) is 26.8 Å². The first-order valence-electron chi connectivity index (χ1n) is 13.8. The lowest BCUT2D eigenvalue weighted by Gasteiger charge is -2.34. The van der Waals surface area contributed by atoms with Crippen LogP contribution in [0.5, 0.6) is 0 Å². The van der Waals surface area contributed by atoms with Gasteiger partial charge in [-0.05, 0) is 69.4 Å². The van der Waals surface area contributed by atoms with Gasteiger partial charge in [-0.1, -0.05) is 35.3 Å². The molecule has 2 aromatic carbocycles. The molecule has 0 spiro atoms. The number of pyridine rings is 1. The van der Waals surface area contributed by atoms with E-state index in [-0.39, 0.29) is 32.6 Å². The van der Waals surface area contributed by atoms with Crippen molar-refractivity contribution in [1.29, 1.82) is 0 Å². The number of hydrogen-bond donors (Lipinski definition) is 2. The third kappa shape index (κ3) is 5.92. The van der Waals surface area contributed by atoms with Gasteiger partial charge in [0.1, 0.15) is 22.5 Å². The van der Waals surface area contributed by atoms with Gasteiger partial charge >= 0.3 is 0 Å². The van der Waals surface area contributed by atoms with Gasteiger partial charge in [-0.25, -0.2) is 15.0 Å². The Bertz CT molecular complexity index is 1840. The Labute approximate surface area is 258 Å². The maximum atomic E-state index is 13.7. The van der Waals surface area contributed by atoms with Crippen LogP contribution in [0.2, 0.25) is 10.0 Å². The second kappa shape index (κ2) is 11.5. The van der Waals surface area contributed by atoms with Crippen molar-refractivity contribution in [3.63, 3.8) is 0 Å². The number of anilines is 3. The van der Waals surface area contributed by atoms with Crippen LogP contribution in [0.1, 0.15) is 19.5 Å². The summed E-state index contributed by atoms with van der Waals surface area (Å²) < 4.78 is 1.15. The van der Waals surface area contributed by atoms with Crippen LogP contribution in [-0.4, -0.2) is 68.0 Å². The van der Waals surface area contributed by atoms with Crippen LogP contribution in [0.25, 0.3) is 28.0 Å². The molecule has 1 fully saturated rings. The summed E-state index contributed by atoms with van der Waals surface area (Å²) >= 11 is 12.9. The van der Waals surface area contributed by atoms with Gasteiger partial charge in [0.2, 0.25) is 5.95 Å². The smallest absolute Gasteiger partial charge is 0.282 e. The number of piperazine rings is 1. The van der Waals surface area contributed by atoms with E-state index in [0.29, 0.717) is 17.1 Å². The molecule has 5 aromatic rings. The average molecular weight is 618 g/mol. The van der Waals surface area contributed by atoms with Gasteiger partial charge in [0.15, 0.2) is 0 Å². The molecule has 10 nitrogen and oxygen atoms in total. The zero-order valence-corrected chi connectivity index (χ0v) is 25.4. The van der Waals surface area contributed by atoms with Crippen molar-refractivity contribution in [2.24, 2.45) is 0 Å². The predicted molar refractivity (Wildman–Crippen MR) is 171 cm³/mol. The molecule has 220 valence electrons. The highest BCUT2D eigenvalue weighted by Gasteiger charge is 2.23. The van der Waals surface area contributed by atoms with E-state index in [1.165, 1.54) is 6.20 Å². The molecular weight excluding hydrogens is 587 g/mol. The quantitative estimate of drug-likeness (QED) is 0.263. The number of rotatable bonds is 6. The van der Waals surface area contributed by atoms with Crippen molar-refractivity contribution in [1.82, 2.24) is 29.6 Å². The molecule has 1 aliphatic heterocycles. The normalized spacial score (nSPS) is 14.3. The maximum absolute atomic E-state index is 13.7. The number of para-hydroxylation sites is 1. The first-order valence-corrected chi connectivity index (χ1v) is 14.6. The molecule has 0 amide bonds. The fourth-order valence-electron chi connectivity index (χ4n) is 4.96. The fourth-order valence-corrected chi connectivity index (χ4v) is 5.52. The zero-order valence-electron chi connectivity index (χ0n) is 23.9. The van der Waals surface area contributed by atoms with Crippen molar-refractivity contribution < 1.29 is 5.11 Å². The molecular formula is C31H30Cl2N8O2. The first kappa shape index (κ1) is 29.0. The van der Waals surface area contributed by atoms with Crippen LogP contribution in [0.4, 0.5) is 17.3 Å². The molecule has 3 aromatic heterocycles. The summed E-state index contributed by atoms with van der Waals surface area (Å²) in [4.78, 5) is 32.2. The van der Waals surface area contributed by atoms with Gasteiger partial charge < -0.3 is 20.2 Å². The molecule has 2 N–H and O–H groups in total. The summed E-state index contributed by atoms with van der Waals surface area (Å²) in [5, 5.41) is 19.3. The van der Waals surface area contributed by atoms with Crippen LogP contribution in [0.15, 0.2) is 71.7 Å². The summed E-state index contributed by atoms with van der Waals surface area (Å²) in [5.41, 5.74) is 1.92. The number of likely N-dealkylation sites (N-methyl/N-ethyl adjacent to an activating group) is 1. The van der Waals surface area contributed by atoms with E-state index < -0.39 is 11.2 Å². The topological polar surface area (TPSA) is 112 Å².